The van der Waals surface area contributed by atoms with Crippen molar-refractivity contribution < 1.29 is 14.3 Å². The third-order valence-electron chi connectivity index (χ3n) is 4.65. The third kappa shape index (κ3) is 8.70. The van der Waals surface area contributed by atoms with Crippen molar-refractivity contribution in [3.05, 3.63) is 44.9 Å². The number of nitrogens with one attached hydrogen (secondary N) is 1. The van der Waals surface area contributed by atoms with Crippen LogP contribution in [-0.4, -0.2) is 59.8 Å². The van der Waals surface area contributed by atoms with E-state index in [2.05, 4.69) is 15.2 Å². The van der Waals surface area contributed by atoms with E-state index >= 15 is 0 Å². The van der Waals surface area contributed by atoms with Crippen molar-refractivity contribution in [3.8, 4) is 0 Å². The SMILES string of the molecule is Cl.NC(=O)c1csc(SCCCC(=O)NCC2CN(Cc3ccc(Cl)c(Cl)c3)CCO2)n1. The molecular formula is C20H25Cl3N4O3S2. The summed E-state index contributed by atoms with van der Waals surface area (Å²) in [4.78, 5) is 29.6. The zero-order valence-corrected chi connectivity index (χ0v) is 21.2. The molecule has 1 aliphatic heterocycles. The quantitative estimate of drug-likeness (QED) is 0.351. The highest BCUT2D eigenvalue weighted by molar-refractivity contribution is 8.01. The van der Waals surface area contributed by atoms with Crippen molar-refractivity contribution in [1.82, 2.24) is 15.2 Å². The molecule has 176 valence electrons. The van der Waals surface area contributed by atoms with Gasteiger partial charge in [0, 0.05) is 43.7 Å². The molecule has 1 fully saturated rings. The maximum atomic E-state index is 12.1. The molecule has 0 saturated carbocycles. The molecule has 0 radical (unpaired) electrons. The number of carbonyl (C=O) groups is 2. The minimum atomic E-state index is -0.525. The normalized spacial score (nSPS) is 16.4. The van der Waals surface area contributed by atoms with Crippen LogP contribution in [0.4, 0.5) is 0 Å². The number of carbonyl (C=O) groups excluding carboxylic acids is 2. The van der Waals surface area contributed by atoms with Crippen LogP contribution in [0.25, 0.3) is 0 Å². The van der Waals surface area contributed by atoms with Crippen LogP contribution in [0.15, 0.2) is 27.9 Å². The van der Waals surface area contributed by atoms with Crippen LogP contribution in [0.3, 0.4) is 0 Å². The molecular weight excluding hydrogens is 515 g/mol. The molecule has 1 aromatic heterocycles. The van der Waals surface area contributed by atoms with Gasteiger partial charge in [-0.25, -0.2) is 4.98 Å². The van der Waals surface area contributed by atoms with Crippen molar-refractivity contribution >= 4 is 70.5 Å². The predicted octanol–water partition coefficient (Wildman–Crippen LogP) is 3.86. The Bertz CT molecular complexity index is 916. The molecule has 0 aliphatic carbocycles. The monoisotopic (exact) mass is 538 g/mol. The van der Waals surface area contributed by atoms with E-state index in [1.165, 1.54) is 23.1 Å². The molecule has 3 rings (SSSR count). The van der Waals surface area contributed by atoms with Gasteiger partial charge >= 0.3 is 0 Å². The average molecular weight is 540 g/mol. The van der Waals surface area contributed by atoms with Crippen LogP contribution in [0.5, 0.6) is 0 Å². The number of amides is 2. The molecule has 1 aromatic carbocycles. The van der Waals surface area contributed by atoms with Gasteiger partial charge in [0.25, 0.3) is 5.91 Å². The second-order valence-corrected chi connectivity index (χ2v) is 10.1. The van der Waals surface area contributed by atoms with Gasteiger partial charge in [-0.15, -0.1) is 23.7 Å². The van der Waals surface area contributed by atoms with Crippen molar-refractivity contribution in [3.63, 3.8) is 0 Å². The highest BCUT2D eigenvalue weighted by Gasteiger charge is 2.21. The lowest BCUT2D eigenvalue weighted by molar-refractivity contribution is -0.122. The highest BCUT2D eigenvalue weighted by Crippen LogP contribution is 2.24. The fourth-order valence-corrected chi connectivity index (χ4v) is 5.23. The predicted molar refractivity (Wildman–Crippen MR) is 132 cm³/mol. The first-order valence-electron chi connectivity index (χ1n) is 9.83. The molecule has 1 aliphatic rings. The van der Waals surface area contributed by atoms with Crippen LogP contribution in [-0.2, 0) is 16.1 Å². The Kier molecular flexibility index (Phi) is 11.5. The number of halogens is 3. The minimum absolute atomic E-state index is 0. The Morgan fingerprint density at radius 1 is 1.34 bits per heavy atom. The number of morpholine rings is 1. The van der Waals surface area contributed by atoms with Gasteiger partial charge in [0.1, 0.15) is 5.69 Å². The lowest BCUT2D eigenvalue weighted by atomic mass is 10.2. The van der Waals surface area contributed by atoms with Crippen molar-refractivity contribution in [1.29, 1.82) is 0 Å². The second kappa shape index (κ2) is 13.6. The van der Waals surface area contributed by atoms with Crippen molar-refractivity contribution in [2.75, 3.05) is 32.0 Å². The van der Waals surface area contributed by atoms with E-state index in [1.807, 2.05) is 12.1 Å². The molecule has 32 heavy (non-hydrogen) atoms. The molecule has 2 amide bonds. The number of thiazole rings is 1. The number of ether oxygens (including phenoxy) is 1. The molecule has 12 heteroatoms. The molecule has 7 nitrogen and oxygen atoms in total. The van der Waals surface area contributed by atoms with E-state index in [0.29, 0.717) is 29.6 Å². The Balaban J connectivity index is 0.00000363. The highest BCUT2D eigenvalue weighted by atomic mass is 35.5. The maximum Gasteiger partial charge on any atom is 0.268 e. The number of rotatable bonds is 10. The number of primary amides is 1. The lowest BCUT2D eigenvalue weighted by Crippen LogP contribution is -2.47. The average Bonchev–Trinajstić information content (AvgIpc) is 3.22. The first-order valence-corrected chi connectivity index (χ1v) is 12.5. The van der Waals surface area contributed by atoms with Gasteiger partial charge in [-0.2, -0.15) is 0 Å². The van der Waals surface area contributed by atoms with Crippen LogP contribution in [0.1, 0.15) is 28.9 Å². The van der Waals surface area contributed by atoms with Crippen molar-refractivity contribution in [2.45, 2.75) is 29.8 Å². The van der Waals surface area contributed by atoms with E-state index in [9.17, 15) is 9.59 Å². The van der Waals surface area contributed by atoms with Gasteiger partial charge in [0.15, 0.2) is 4.34 Å². The topological polar surface area (TPSA) is 97.5 Å². The fraction of sp³-hybridized carbons (Fsp3) is 0.450. The van der Waals surface area contributed by atoms with Gasteiger partial charge in [0.05, 0.1) is 22.8 Å². The number of hydrogen-bond acceptors (Lipinski definition) is 7. The van der Waals surface area contributed by atoms with E-state index in [1.54, 1.807) is 11.4 Å². The second-order valence-electron chi connectivity index (χ2n) is 7.10. The molecule has 1 unspecified atom stereocenters. The summed E-state index contributed by atoms with van der Waals surface area (Å²) in [7, 11) is 0. The Labute approximate surface area is 211 Å². The zero-order valence-electron chi connectivity index (χ0n) is 17.2. The Morgan fingerprint density at radius 2 is 2.16 bits per heavy atom. The van der Waals surface area contributed by atoms with Crippen LogP contribution in [0, 0.1) is 0 Å². The lowest BCUT2D eigenvalue weighted by Gasteiger charge is -2.33. The molecule has 2 aromatic rings. The molecule has 3 N–H and O–H groups in total. The number of aromatic nitrogens is 1. The summed E-state index contributed by atoms with van der Waals surface area (Å²) >= 11 is 15.0. The van der Waals surface area contributed by atoms with Gasteiger partial charge in [-0.1, -0.05) is 41.0 Å². The van der Waals surface area contributed by atoms with E-state index in [0.717, 1.165) is 41.7 Å². The molecule has 2 heterocycles. The zero-order chi connectivity index (χ0) is 22.2. The van der Waals surface area contributed by atoms with Crippen LogP contribution in [0.2, 0.25) is 10.0 Å². The van der Waals surface area contributed by atoms with Crippen molar-refractivity contribution in [2.24, 2.45) is 5.73 Å². The van der Waals surface area contributed by atoms with Gasteiger partial charge in [0.2, 0.25) is 5.91 Å². The number of thioether (sulfide) groups is 1. The molecule has 0 spiro atoms. The smallest absolute Gasteiger partial charge is 0.268 e. The molecule has 1 atom stereocenters. The fourth-order valence-electron chi connectivity index (χ4n) is 3.09. The van der Waals surface area contributed by atoms with E-state index in [-0.39, 0.29) is 30.1 Å². The summed E-state index contributed by atoms with van der Waals surface area (Å²) < 4.78 is 6.58. The number of nitrogens with two attached hydrogens (primary N) is 1. The summed E-state index contributed by atoms with van der Waals surface area (Å²) in [5.74, 6) is 0.224. The Hall–Kier alpha value is -1.07. The van der Waals surface area contributed by atoms with Gasteiger partial charge in [-0.3, -0.25) is 14.5 Å². The summed E-state index contributed by atoms with van der Waals surface area (Å²) in [6, 6.07) is 5.66. The van der Waals surface area contributed by atoms with Crippen LogP contribution < -0.4 is 11.1 Å². The summed E-state index contributed by atoms with van der Waals surface area (Å²) in [6.07, 6.45) is 1.11. The van der Waals surface area contributed by atoms with E-state index in [4.69, 9.17) is 33.7 Å². The van der Waals surface area contributed by atoms with Crippen LogP contribution >= 0.6 is 58.7 Å². The number of benzene rings is 1. The van der Waals surface area contributed by atoms with Gasteiger partial charge in [-0.05, 0) is 24.1 Å². The number of nitrogens with zero attached hydrogens (tertiary/aromatic N) is 2. The molecule has 1 saturated heterocycles. The summed E-state index contributed by atoms with van der Waals surface area (Å²) in [5, 5.41) is 5.71. The third-order valence-corrected chi connectivity index (χ3v) is 7.50. The Morgan fingerprint density at radius 3 is 2.88 bits per heavy atom. The summed E-state index contributed by atoms with van der Waals surface area (Å²) in [5.41, 5.74) is 6.57. The summed E-state index contributed by atoms with van der Waals surface area (Å²) in [6.45, 7) is 3.44. The minimum Gasteiger partial charge on any atom is -0.374 e. The molecule has 0 bridgehead atoms. The number of hydrogen-bond donors (Lipinski definition) is 2. The van der Waals surface area contributed by atoms with Gasteiger partial charge < -0.3 is 15.8 Å². The first-order chi connectivity index (χ1) is 14.9. The standard InChI is InChI=1S/C20H24Cl2N4O3S2.ClH/c21-15-4-3-13(8-16(15)22)10-26-5-6-29-14(11-26)9-24-18(27)2-1-7-30-20-25-17(12-31-20)19(23)28;/h3-4,8,12,14H,1-2,5-7,9-11H2,(H2,23,28)(H,24,27);1H. The maximum absolute atomic E-state index is 12.1. The first kappa shape index (κ1) is 27.2. The van der Waals surface area contributed by atoms with E-state index < -0.39 is 5.91 Å². The largest absolute Gasteiger partial charge is 0.374 e.